The van der Waals surface area contributed by atoms with Crippen LogP contribution >= 0.6 is 11.8 Å². The monoisotopic (exact) mass is 391 g/mol. The first-order valence-corrected chi connectivity index (χ1v) is 10.5. The minimum atomic E-state index is -0.450. The number of carbonyl (C=O) groups is 2. The number of nitrogens with zero attached hydrogens (tertiary/aromatic N) is 1. The van der Waals surface area contributed by atoms with E-state index in [0.717, 1.165) is 31.2 Å². The first-order valence-electron chi connectivity index (χ1n) is 9.59. The van der Waals surface area contributed by atoms with Crippen LogP contribution in [0.3, 0.4) is 0 Å². The molecule has 2 aliphatic heterocycles. The van der Waals surface area contributed by atoms with Crippen molar-refractivity contribution in [3.8, 4) is 0 Å². The Balaban J connectivity index is 1.57. The number of ether oxygens (including phenoxy) is 2. The van der Waals surface area contributed by atoms with E-state index in [9.17, 15) is 9.59 Å². The van der Waals surface area contributed by atoms with Crippen LogP contribution < -0.4 is 0 Å². The van der Waals surface area contributed by atoms with E-state index in [1.807, 2.05) is 49.6 Å². The molecule has 2 bridgehead atoms. The van der Waals surface area contributed by atoms with Crippen LogP contribution in [0.4, 0.5) is 4.79 Å². The van der Waals surface area contributed by atoms with Crippen molar-refractivity contribution >= 4 is 23.8 Å². The van der Waals surface area contributed by atoms with Gasteiger partial charge in [0, 0.05) is 22.2 Å². The summed E-state index contributed by atoms with van der Waals surface area (Å²) in [7, 11) is 1.41. The van der Waals surface area contributed by atoms with Crippen molar-refractivity contribution in [1.29, 1.82) is 0 Å². The fourth-order valence-electron chi connectivity index (χ4n) is 3.95. The van der Waals surface area contributed by atoms with E-state index in [1.54, 1.807) is 0 Å². The molecule has 0 radical (unpaired) electrons. The minimum absolute atomic E-state index is 0.161. The quantitative estimate of drug-likeness (QED) is 0.711. The van der Waals surface area contributed by atoms with Crippen molar-refractivity contribution in [2.45, 2.75) is 80.7 Å². The highest BCUT2D eigenvalue weighted by Crippen LogP contribution is 2.42. The van der Waals surface area contributed by atoms with E-state index in [0.29, 0.717) is 11.7 Å². The molecule has 0 aliphatic carbocycles. The molecule has 2 fully saturated rings. The second-order valence-electron chi connectivity index (χ2n) is 8.38. The second-order valence-corrected chi connectivity index (χ2v) is 9.75. The van der Waals surface area contributed by atoms with Gasteiger partial charge >= 0.3 is 12.1 Å². The molecule has 0 unspecified atom stereocenters. The SMILES string of the molecule is COC(=O)Cc1ccc(S[C@H]2C[C@H]3CC[C@@H](C2)N3C(=O)OC(C)(C)C)cc1. The Bertz CT molecular complexity index is 668. The van der Waals surface area contributed by atoms with Crippen LogP contribution in [-0.4, -0.2) is 47.0 Å². The van der Waals surface area contributed by atoms with E-state index < -0.39 is 5.60 Å². The summed E-state index contributed by atoms with van der Waals surface area (Å²) in [6.45, 7) is 5.75. The maximum absolute atomic E-state index is 12.5. The number of rotatable bonds is 4. The number of methoxy groups -OCH3 is 1. The van der Waals surface area contributed by atoms with Gasteiger partial charge in [-0.25, -0.2) is 4.79 Å². The van der Waals surface area contributed by atoms with E-state index in [1.165, 1.54) is 12.0 Å². The number of hydrogen-bond acceptors (Lipinski definition) is 5. The normalized spacial score (nSPS) is 24.6. The molecule has 1 aromatic rings. The van der Waals surface area contributed by atoms with Gasteiger partial charge in [0.2, 0.25) is 0 Å². The third kappa shape index (κ3) is 5.18. The average Bonchev–Trinajstić information content (AvgIpc) is 2.86. The molecule has 0 aromatic heterocycles. The summed E-state index contributed by atoms with van der Waals surface area (Å²) in [5.41, 5.74) is 0.514. The van der Waals surface area contributed by atoms with Crippen molar-refractivity contribution < 1.29 is 19.1 Å². The lowest BCUT2D eigenvalue weighted by molar-refractivity contribution is -0.139. The lowest BCUT2D eigenvalue weighted by Gasteiger charge is -2.39. The summed E-state index contributed by atoms with van der Waals surface area (Å²) in [5, 5.41) is 0.507. The molecule has 6 heteroatoms. The highest BCUT2D eigenvalue weighted by Gasteiger charge is 2.44. The molecule has 1 aromatic carbocycles. The molecule has 0 N–H and O–H groups in total. The van der Waals surface area contributed by atoms with Gasteiger partial charge in [-0.05, 0) is 64.2 Å². The number of esters is 1. The van der Waals surface area contributed by atoms with Gasteiger partial charge in [-0.3, -0.25) is 4.79 Å². The van der Waals surface area contributed by atoms with Crippen molar-refractivity contribution in [1.82, 2.24) is 4.90 Å². The molecule has 0 spiro atoms. The van der Waals surface area contributed by atoms with Crippen molar-refractivity contribution in [3.05, 3.63) is 29.8 Å². The summed E-state index contributed by atoms with van der Waals surface area (Å²) < 4.78 is 10.3. The van der Waals surface area contributed by atoms with Gasteiger partial charge in [-0.2, -0.15) is 0 Å². The summed E-state index contributed by atoms with van der Waals surface area (Å²) in [4.78, 5) is 27.1. The maximum atomic E-state index is 12.5. The van der Waals surface area contributed by atoms with Crippen LogP contribution in [0.1, 0.15) is 52.0 Å². The molecule has 1 amide bonds. The van der Waals surface area contributed by atoms with Crippen molar-refractivity contribution in [2.24, 2.45) is 0 Å². The number of piperidine rings is 1. The van der Waals surface area contributed by atoms with Crippen LogP contribution in [0.5, 0.6) is 0 Å². The molecule has 5 nitrogen and oxygen atoms in total. The van der Waals surface area contributed by atoms with Crippen LogP contribution in [0.25, 0.3) is 0 Å². The Labute approximate surface area is 165 Å². The maximum Gasteiger partial charge on any atom is 0.410 e. The van der Waals surface area contributed by atoms with Gasteiger partial charge in [0.05, 0.1) is 13.5 Å². The van der Waals surface area contributed by atoms with Gasteiger partial charge in [0.25, 0.3) is 0 Å². The van der Waals surface area contributed by atoms with Crippen molar-refractivity contribution in [2.75, 3.05) is 7.11 Å². The third-order valence-corrected chi connectivity index (χ3v) is 6.36. The largest absolute Gasteiger partial charge is 0.469 e. The Hall–Kier alpha value is -1.69. The lowest BCUT2D eigenvalue weighted by Crippen LogP contribution is -2.49. The van der Waals surface area contributed by atoms with Crippen LogP contribution in [0.15, 0.2) is 29.2 Å². The van der Waals surface area contributed by atoms with Crippen LogP contribution in [0, 0.1) is 0 Å². The molecule has 2 aliphatic rings. The standard InChI is InChI=1S/C21H29NO4S/c1-21(2,3)26-20(24)22-15-7-8-16(22)13-18(12-15)27-17-9-5-14(6-10-17)11-19(23)25-4/h5-6,9-10,15-16,18H,7-8,11-13H2,1-4H3/t15-,16+,18+. The zero-order valence-corrected chi connectivity index (χ0v) is 17.4. The van der Waals surface area contributed by atoms with E-state index >= 15 is 0 Å². The smallest absolute Gasteiger partial charge is 0.410 e. The molecule has 3 atom stereocenters. The van der Waals surface area contributed by atoms with Crippen molar-refractivity contribution in [3.63, 3.8) is 0 Å². The summed E-state index contributed by atoms with van der Waals surface area (Å²) >= 11 is 1.88. The number of thioether (sulfide) groups is 1. The second kappa shape index (κ2) is 8.13. The number of carbonyl (C=O) groups excluding carboxylic acids is 2. The van der Waals surface area contributed by atoms with Crippen LogP contribution in [0.2, 0.25) is 0 Å². The molecular formula is C21H29NO4S. The van der Waals surface area contributed by atoms with E-state index in [-0.39, 0.29) is 24.1 Å². The zero-order chi connectivity index (χ0) is 19.6. The predicted octanol–water partition coefficient (Wildman–Crippen LogP) is 4.42. The molecule has 0 saturated carbocycles. The summed E-state index contributed by atoms with van der Waals surface area (Å²) in [6.07, 6.45) is 4.29. The highest BCUT2D eigenvalue weighted by atomic mass is 32.2. The minimum Gasteiger partial charge on any atom is -0.469 e. The van der Waals surface area contributed by atoms with Gasteiger partial charge in [-0.1, -0.05) is 12.1 Å². The topological polar surface area (TPSA) is 55.8 Å². The molecule has 2 saturated heterocycles. The molecule has 27 heavy (non-hydrogen) atoms. The van der Waals surface area contributed by atoms with E-state index in [4.69, 9.17) is 9.47 Å². The van der Waals surface area contributed by atoms with E-state index in [2.05, 4.69) is 12.1 Å². The van der Waals surface area contributed by atoms with Gasteiger partial charge in [-0.15, -0.1) is 11.8 Å². The number of benzene rings is 1. The zero-order valence-electron chi connectivity index (χ0n) is 16.6. The molecule has 148 valence electrons. The van der Waals surface area contributed by atoms with Crippen LogP contribution in [-0.2, 0) is 20.7 Å². The Kier molecular flexibility index (Phi) is 6.04. The lowest BCUT2D eigenvalue weighted by atomic mass is 10.0. The number of fused-ring (bicyclic) bond motifs is 2. The Morgan fingerprint density at radius 3 is 2.22 bits per heavy atom. The fraction of sp³-hybridized carbons (Fsp3) is 0.619. The summed E-state index contributed by atoms with van der Waals surface area (Å²) in [6, 6.07) is 8.70. The van der Waals surface area contributed by atoms with Gasteiger partial charge in [0.15, 0.2) is 0 Å². The average molecular weight is 392 g/mol. The molecule has 3 rings (SSSR count). The van der Waals surface area contributed by atoms with Gasteiger partial charge in [0.1, 0.15) is 5.60 Å². The molecular weight excluding hydrogens is 362 g/mol. The highest BCUT2D eigenvalue weighted by molar-refractivity contribution is 8.00. The molecule has 2 heterocycles. The predicted molar refractivity (Wildman–Crippen MR) is 106 cm³/mol. The third-order valence-electron chi connectivity index (χ3n) is 5.10. The number of hydrogen-bond donors (Lipinski definition) is 0. The first kappa shape index (κ1) is 20.1. The fourth-order valence-corrected chi connectivity index (χ4v) is 5.27. The van der Waals surface area contributed by atoms with Gasteiger partial charge < -0.3 is 14.4 Å². The Morgan fingerprint density at radius 1 is 1.11 bits per heavy atom. The first-order chi connectivity index (χ1) is 12.7. The summed E-state index contributed by atoms with van der Waals surface area (Å²) in [5.74, 6) is -0.221. The number of amides is 1. The Morgan fingerprint density at radius 2 is 1.70 bits per heavy atom.